The molecule has 2 heterocycles. The van der Waals surface area contributed by atoms with Gasteiger partial charge < -0.3 is 0 Å². The molecule has 0 amide bonds. The lowest BCUT2D eigenvalue weighted by molar-refractivity contribution is -0.137. The maximum absolute atomic E-state index is 12.9. The first kappa shape index (κ1) is 11.7. The molecule has 0 radical (unpaired) electrons. The summed E-state index contributed by atoms with van der Waals surface area (Å²) in [7, 11) is 0. The normalized spacial score (nSPS) is 11.9. The first-order valence-corrected chi connectivity index (χ1v) is 5.53. The van der Waals surface area contributed by atoms with Gasteiger partial charge in [-0.15, -0.1) is 0 Å². The zero-order valence-corrected chi connectivity index (χ0v) is 9.59. The van der Waals surface area contributed by atoms with E-state index in [0.717, 1.165) is 6.07 Å². The van der Waals surface area contributed by atoms with Crippen LogP contribution < -0.4 is 0 Å². The van der Waals surface area contributed by atoms with Crippen molar-refractivity contribution in [2.75, 3.05) is 0 Å². The van der Waals surface area contributed by atoms with E-state index in [1.807, 2.05) is 0 Å². The summed E-state index contributed by atoms with van der Waals surface area (Å²) in [4.78, 5) is 4.16. The van der Waals surface area contributed by atoms with E-state index in [1.165, 1.54) is 22.8 Å². The number of benzene rings is 1. The van der Waals surface area contributed by atoms with E-state index in [4.69, 9.17) is 0 Å². The minimum Gasteiger partial charge on any atom is -0.227 e. The molecule has 0 saturated heterocycles. The lowest BCUT2D eigenvalue weighted by atomic mass is 10.1. The highest BCUT2D eigenvalue weighted by Crippen LogP contribution is 2.36. The quantitative estimate of drug-likeness (QED) is 0.673. The van der Waals surface area contributed by atoms with Crippen molar-refractivity contribution in [3.05, 3.63) is 54.4 Å². The number of aromatic nitrogens is 3. The molecule has 3 aromatic rings. The summed E-state index contributed by atoms with van der Waals surface area (Å²) in [6.07, 6.45) is -1.37. The minimum absolute atomic E-state index is 0.0560. The van der Waals surface area contributed by atoms with Crippen molar-refractivity contribution in [3.63, 3.8) is 0 Å². The number of hydrogen-bond donors (Lipinski definition) is 0. The number of rotatable bonds is 1. The predicted octanol–water partition coefficient (Wildman–Crippen LogP) is 3.42. The average molecular weight is 263 g/mol. The summed E-state index contributed by atoms with van der Waals surface area (Å²) in [6, 6.07) is 8.74. The van der Waals surface area contributed by atoms with Gasteiger partial charge in [0, 0.05) is 11.8 Å². The largest absolute Gasteiger partial charge is 0.417 e. The highest BCUT2D eigenvalue weighted by molar-refractivity contribution is 5.66. The summed E-state index contributed by atoms with van der Waals surface area (Å²) < 4.78 is 40.3. The third kappa shape index (κ3) is 2.05. The summed E-state index contributed by atoms with van der Waals surface area (Å²) in [5.74, 6) is 0. The Morgan fingerprint density at radius 3 is 2.53 bits per heavy atom. The van der Waals surface area contributed by atoms with E-state index >= 15 is 0 Å². The van der Waals surface area contributed by atoms with Gasteiger partial charge in [0.25, 0.3) is 0 Å². The van der Waals surface area contributed by atoms with Gasteiger partial charge in [0.2, 0.25) is 0 Å². The van der Waals surface area contributed by atoms with Gasteiger partial charge in [0.15, 0.2) is 5.65 Å². The standard InChI is InChI=1S/C13H8F3N3/c14-13(15,16)10-5-2-1-4-9(10)11-8-19-12(18-11)6-3-7-17-19/h1-8H. The van der Waals surface area contributed by atoms with E-state index in [9.17, 15) is 13.2 Å². The van der Waals surface area contributed by atoms with E-state index in [1.54, 1.807) is 24.4 Å². The lowest BCUT2D eigenvalue weighted by Crippen LogP contribution is -2.06. The molecule has 0 atom stereocenters. The van der Waals surface area contributed by atoms with Crippen LogP contribution in [0.2, 0.25) is 0 Å². The number of imidazole rings is 1. The van der Waals surface area contributed by atoms with Crippen LogP contribution in [-0.2, 0) is 6.18 Å². The maximum Gasteiger partial charge on any atom is 0.417 e. The van der Waals surface area contributed by atoms with E-state index < -0.39 is 11.7 Å². The third-order valence-corrected chi connectivity index (χ3v) is 2.75. The van der Waals surface area contributed by atoms with Gasteiger partial charge in [-0.3, -0.25) is 0 Å². The number of alkyl halides is 3. The molecule has 0 N–H and O–H groups in total. The molecule has 0 aliphatic heterocycles. The number of halogens is 3. The molecule has 0 fully saturated rings. The Balaban J connectivity index is 2.22. The van der Waals surface area contributed by atoms with Crippen LogP contribution in [0.25, 0.3) is 16.9 Å². The van der Waals surface area contributed by atoms with Crippen LogP contribution in [-0.4, -0.2) is 14.6 Å². The van der Waals surface area contributed by atoms with Crippen LogP contribution in [0.4, 0.5) is 13.2 Å². The predicted molar refractivity (Wildman–Crippen MR) is 63.4 cm³/mol. The molecule has 0 bridgehead atoms. The van der Waals surface area contributed by atoms with Gasteiger partial charge >= 0.3 is 6.18 Å². The Kier molecular flexibility index (Phi) is 2.51. The molecular formula is C13H8F3N3. The fourth-order valence-corrected chi connectivity index (χ4v) is 1.91. The monoisotopic (exact) mass is 263 g/mol. The van der Waals surface area contributed by atoms with Gasteiger partial charge in [0.1, 0.15) is 0 Å². The molecule has 2 aromatic heterocycles. The fourth-order valence-electron chi connectivity index (χ4n) is 1.91. The summed E-state index contributed by atoms with van der Waals surface area (Å²) >= 11 is 0. The van der Waals surface area contributed by atoms with Crippen molar-refractivity contribution in [2.45, 2.75) is 6.18 Å². The van der Waals surface area contributed by atoms with Gasteiger partial charge in [0.05, 0.1) is 17.5 Å². The topological polar surface area (TPSA) is 30.2 Å². The molecule has 0 spiro atoms. The molecule has 0 unspecified atom stereocenters. The number of fused-ring (bicyclic) bond motifs is 1. The second-order valence-corrected chi connectivity index (χ2v) is 4.00. The Morgan fingerprint density at radius 2 is 1.79 bits per heavy atom. The number of nitrogens with zero attached hydrogens (tertiary/aromatic N) is 3. The smallest absolute Gasteiger partial charge is 0.227 e. The minimum atomic E-state index is -4.40. The Bertz CT molecular complexity index is 698. The Hall–Kier alpha value is -2.37. The van der Waals surface area contributed by atoms with Crippen molar-refractivity contribution in [1.82, 2.24) is 14.6 Å². The van der Waals surface area contributed by atoms with Crippen LogP contribution in [0, 0.1) is 0 Å². The summed E-state index contributed by atoms with van der Waals surface area (Å²) in [5.41, 5.74) is 0.125. The van der Waals surface area contributed by atoms with Gasteiger partial charge in [-0.2, -0.15) is 18.3 Å². The second kappa shape index (κ2) is 4.08. The highest BCUT2D eigenvalue weighted by Gasteiger charge is 2.33. The van der Waals surface area contributed by atoms with Crippen molar-refractivity contribution >= 4 is 5.65 Å². The first-order valence-electron chi connectivity index (χ1n) is 5.53. The SMILES string of the molecule is FC(F)(F)c1ccccc1-c1cn2ncccc2n1. The lowest BCUT2D eigenvalue weighted by Gasteiger charge is -2.10. The molecule has 19 heavy (non-hydrogen) atoms. The Labute approximate surface area is 106 Å². The van der Waals surface area contributed by atoms with Crippen molar-refractivity contribution < 1.29 is 13.2 Å². The first-order chi connectivity index (χ1) is 9.05. The van der Waals surface area contributed by atoms with Gasteiger partial charge in [-0.05, 0) is 18.2 Å². The molecular weight excluding hydrogens is 255 g/mol. The molecule has 3 nitrogen and oxygen atoms in total. The van der Waals surface area contributed by atoms with Crippen molar-refractivity contribution in [3.8, 4) is 11.3 Å². The van der Waals surface area contributed by atoms with Crippen LogP contribution in [0.15, 0.2) is 48.8 Å². The molecule has 0 aliphatic carbocycles. The van der Waals surface area contributed by atoms with Crippen molar-refractivity contribution in [1.29, 1.82) is 0 Å². The fraction of sp³-hybridized carbons (Fsp3) is 0.0769. The van der Waals surface area contributed by atoms with Crippen molar-refractivity contribution in [2.24, 2.45) is 0 Å². The van der Waals surface area contributed by atoms with Crippen LogP contribution in [0.1, 0.15) is 5.56 Å². The van der Waals surface area contributed by atoms with Gasteiger partial charge in [-0.1, -0.05) is 18.2 Å². The molecule has 0 saturated carbocycles. The molecule has 1 aromatic carbocycles. The molecule has 3 rings (SSSR count). The van der Waals surface area contributed by atoms with Crippen LogP contribution in [0.5, 0.6) is 0 Å². The van der Waals surface area contributed by atoms with E-state index in [0.29, 0.717) is 5.65 Å². The van der Waals surface area contributed by atoms with Gasteiger partial charge in [-0.25, -0.2) is 9.50 Å². The molecule has 0 aliphatic rings. The van der Waals surface area contributed by atoms with Crippen LogP contribution >= 0.6 is 0 Å². The third-order valence-electron chi connectivity index (χ3n) is 2.75. The Morgan fingerprint density at radius 1 is 1.00 bits per heavy atom. The zero-order chi connectivity index (χ0) is 13.5. The molecule has 96 valence electrons. The van der Waals surface area contributed by atoms with E-state index in [-0.39, 0.29) is 11.3 Å². The summed E-state index contributed by atoms with van der Waals surface area (Å²) in [5, 5.41) is 3.99. The molecule has 6 heteroatoms. The maximum atomic E-state index is 12.9. The number of hydrogen-bond acceptors (Lipinski definition) is 2. The highest BCUT2D eigenvalue weighted by atomic mass is 19.4. The second-order valence-electron chi connectivity index (χ2n) is 4.00. The van der Waals surface area contributed by atoms with E-state index in [2.05, 4.69) is 10.1 Å². The average Bonchev–Trinajstić information content (AvgIpc) is 2.81. The zero-order valence-electron chi connectivity index (χ0n) is 9.59. The summed E-state index contributed by atoms with van der Waals surface area (Å²) in [6.45, 7) is 0. The van der Waals surface area contributed by atoms with Crippen LogP contribution in [0.3, 0.4) is 0 Å².